The number of rotatable bonds is 2. The Morgan fingerprint density at radius 1 is 1.29 bits per heavy atom. The number of hydrogen-bond donors (Lipinski definition) is 1. The molecular weight excluding hydrogens is 442 g/mol. The highest BCUT2D eigenvalue weighted by atomic mass is 19.2. The second kappa shape index (κ2) is 7.91. The average molecular weight is 462 g/mol. The third-order valence-corrected chi connectivity index (χ3v) is 6.09. The smallest absolute Gasteiger partial charge is 0.246 e. The molecule has 9 nitrogen and oxygen atoms in total. The molecule has 1 aliphatic heterocycles. The molecule has 1 aliphatic rings. The number of carbonyl (C=O) groups excluding carboxylic acids is 1. The number of amides is 1. The molecule has 0 saturated carbocycles. The van der Waals surface area contributed by atoms with E-state index in [2.05, 4.69) is 38.5 Å². The molecule has 4 aromatic rings. The first-order chi connectivity index (χ1) is 16.3. The highest BCUT2D eigenvalue weighted by Gasteiger charge is 2.29. The molecular formula is C23H20F2N8O. The van der Waals surface area contributed by atoms with Gasteiger partial charge in [0.15, 0.2) is 17.3 Å². The van der Waals surface area contributed by atoms with Crippen molar-refractivity contribution >= 4 is 33.8 Å². The fraction of sp³-hybridized carbons (Fsp3) is 0.261. The van der Waals surface area contributed by atoms with E-state index in [1.807, 2.05) is 0 Å². The van der Waals surface area contributed by atoms with Gasteiger partial charge in [-0.3, -0.25) is 4.79 Å². The minimum absolute atomic E-state index is 0.0766. The molecule has 0 spiro atoms. The third kappa shape index (κ3) is 3.26. The van der Waals surface area contributed by atoms with Gasteiger partial charge in [0.25, 0.3) is 0 Å². The number of nitrogens with two attached hydrogens (primary N) is 1. The minimum Gasteiger partial charge on any atom is -0.383 e. The second-order valence-electron chi connectivity index (χ2n) is 8.07. The van der Waals surface area contributed by atoms with Crippen molar-refractivity contribution in [2.24, 2.45) is 7.05 Å². The Labute approximate surface area is 192 Å². The van der Waals surface area contributed by atoms with Crippen molar-refractivity contribution in [3.05, 3.63) is 53.8 Å². The summed E-state index contributed by atoms with van der Waals surface area (Å²) in [6, 6.07) is 1.25. The van der Waals surface area contributed by atoms with Crippen LogP contribution < -0.4 is 5.73 Å². The monoisotopic (exact) mass is 462 g/mol. The Bertz CT molecular complexity index is 1560. The van der Waals surface area contributed by atoms with Gasteiger partial charge in [0.2, 0.25) is 5.91 Å². The Hall–Kier alpha value is -4.33. The first-order valence-corrected chi connectivity index (χ1v) is 10.5. The van der Waals surface area contributed by atoms with E-state index in [9.17, 15) is 13.6 Å². The van der Waals surface area contributed by atoms with E-state index in [0.717, 1.165) is 0 Å². The van der Waals surface area contributed by atoms with Gasteiger partial charge in [0.1, 0.15) is 29.2 Å². The summed E-state index contributed by atoms with van der Waals surface area (Å²) in [7, 11) is 1.62. The number of halogens is 2. The number of likely N-dealkylation sites (tertiary alicyclic amines) is 1. The standard InChI is InChI=1S/C23H20F2N8O/c1-4-17(34)32-8-7-14(10-32)33-23-18(22(26)27-11-28-23)15(30-33)6-5-13-9-16-21(20(25)19(13)24)31(3)12(2)29-16/h4,9,11,14H,1,7-8,10H2,2-3H3,(H2,26,27,28)/t14-/m0/s1. The van der Waals surface area contributed by atoms with Gasteiger partial charge < -0.3 is 15.2 Å². The maximum Gasteiger partial charge on any atom is 0.246 e. The Balaban J connectivity index is 1.60. The number of aryl methyl sites for hydroxylation is 2. The molecule has 34 heavy (non-hydrogen) atoms. The SMILES string of the molecule is C=CC(=O)N1CC[C@H](n2nc(C#Cc3cc4nc(C)n(C)c4c(F)c3F)c3c(N)ncnc32)C1. The highest BCUT2D eigenvalue weighted by molar-refractivity contribution is 5.91. The molecule has 5 rings (SSSR count). The molecule has 0 aliphatic carbocycles. The fourth-order valence-corrected chi connectivity index (χ4v) is 4.24. The third-order valence-electron chi connectivity index (χ3n) is 6.09. The highest BCUT2D eigenvalue weighted by Crippen LogP contribution is 2.29. The van der Waals surface area contributed by atoms with Crippen LogP contribution in [-0.2, 0) is 11.8 Å². The summed E-state index contributed by atoms with van der Waals surface area (Å²) in [5, 5.41) is 4.98. The van der Waals surface area contributed by atoms with Crippen molar-refractivity contribution in [1.82, 2.24) is 34.2 Å². The number of hydrogen-bond acceptors (Lipinski definition) is 6. The number of benzene rings is 1. The summed E-state index contributed by atoms with van der Waals surface area (Å²) in [6.07, 6.45) is 3.25. The Morgan fingerprint density at radius 3 is 2.85 bits per heavy atom. The maximum atomic E-state index is 14.8. The van der Waals surface area contributed by atoms with Crippen molar-refractivity contribution < 1.29 is 13.6 Å². The van der Waals surface area contributed by atoms with Crippen LogP contribution in [0.25, 0.3) is 22.1 Å². The lowest BCUT2D eigenvalue weighted by Crippen LogP contribution is -2.27. The van der Waals surface area contributed by atoms with E-state index in [-0.39, 0.29) is 34.5 Å². The number of imidazole rings is 1. The van der Waals surface area contributed by atoms with Crippen LogP contribution in [0.4, 0.5) is 14.6 Å². The van der Waals surface area contributed by atoms with E-state index in [0.29, 0.717) is 41.9 Å². The zero-order valence-electron chi connectivity index (χ0n) is 18.5. The van der Waals surface area contributed by atoms with Crippen molar-refractivity contribution in [3.63, 3.8) is 0 Å². The topological polar surface area (TPSA) is 108 Å². The summed E-state index contributed by atoms with van der Waals surface area (Å²) in [4.78, 5) is 26.3. The van der Waals surface area contributed by atoms with Crippen molar-refractivity contribution in [2.75, 3.05) is 18.8 Å². The summed E-state index contributed by atoms with van der Waals surface area (Å²) in [5.74, 6) is 3.96. The minimum atomic E-state index is -1.06. The molecule has 1 amide bonds. The van der Waals surface area contributed by atoms with Crippen LogP contribution in [0.5, 0.6) is 0 Å². The van der Waals surface area contributed by atoms with Crippen LogP contribution in [0.2, 0.25) is 0 Å². The summed E-state index contributed by atoms with van der Waals surface area (Å²) >= 11 is 0. The molecule has 1 aromatic carbocycles. The van der Waals surface area contributed by atoms with Crippen LogP contribution in [0.1, 0.15) is 29.5 Å². The summed E-state index contributed by atoms with van der Waals surface area (Å²) in [5.41, 5.74) is 7.01. The molecule has 0 unspecified atom stereocenters. The largest absolute Gasteiger partial charge is 0.383 e. The number of aromatic nitrogens is 6. The fourth-order valence-electron chi connectivity index (χ4n) is 4.24. The van der Waals surface area contributed by atoms with E-state index < -0.39 is 11.6 Å². The lowest BCUT2D eigenvalue weighted by Gasteiger charge is -2.14. The van der Waals surface area contributed by atoms with E-state index in [1.54, 1.807) is 23.6 Å². The number of anilines is 1. The van der Waals surface area contributed by atoms with Gasteiger partial charge in [0.05, 0.1) is 22.5 Å². The van der Waals surface area contributed by atoms with E-state index in [4.69, 9.17) is 5.73 Å². The molecule has 1 atom stereocenters. The van der Waals surface area contributed by atoms with Crippen LogP contribution >= 0.6 is 0 Å². The summed E-state index contributed by atoms with van der Waals surface area (Å²) < 4.78 is 32.6. The lowest BCUT2D eigenvalue weighted by atomic mass is 10.1. The normalized spacial score (nSPS) is 15.6. The van der Waals surface area contributed by atoms with Crippen LogP contribution in [-0.4, -0.2) is 53.2 Å². The summed E-state index contributed by atoms with van der Waals surface area (Å²) in [6.45, 7) is 6.21. The Morgan fingerprint density at radius 2 is 2.09 bits per heavy atom. The number of nitrogens with zero attached hydrogens (tertiary/aromatic N) is 7. The van der Waals surface area contributed by atoms with Gasteiger partial charge in [-0.1, -0.05) is 12.5 Å². The quantitative estimate of drug-likeness (QED) is 0.362. The molecule has 1 saturated heterocycles. The number of nitrogen functional groups attached to an aromatic ring is 1. The van der Waals surface area contributed by atoms with Crippen LogP contribution in [0.15, 0.2) is 25.0 Å². The van der Waals surface area contributed by atoms with Crippen LogP contribution in [0, 0.1) is 30.4 Å². The average Bonchev–Trinajstić information content (AvgIpc) is 3.52. The zero-order chi connectivity index (χ0) is 24.1. The van der Waals surface area contributed by atoms with Gasteiger partial charge >= 0.3 is 0 Å². The second-order valence-corrected chi connectivity index (χ2v) is 8.07. The first-order valence-electron chi connectivity index (χ1n) is 10.5. The van der Waals surface area contributed by atoms with Gasteiger partial charge in [-0.05, 0) is 31.4 Å². The maximum absolute atomic E-state index is 14.8. The van der Waals surface area contributed by atoms with Crippen molar-refractivity contribution in [2.45, 2.75) is 19.4 Å². The van der Waals surface area contributed by atoms with Crippen molar-refractivity contribution in [3.8, 4) is 11.8 Å². The molecule has 11 heteroatoms. The number of fused-ring (bicyclic) bond motifs is 2. The predicted octanol–water partition coefficient (Wildman–Crippen LogP) is 2.24. The predicted molar refractivity (Wildman–Crippen MR) is 122 cm³/mol. The van der Waals surface area contributed by atoms with Gasteiger partial charge in [-0.25, -0.2) is 28.4 Å². The molecule has 3 aromatic heterocycles. The number of carbonyl (C=O) groups is 1. The van der Waals surface area contributed by atoms with E-state index in [1.165, 1.54) is 23.0 Å². The van der Waals surface area contributed by atoms with Crippen LogP contribution in [0.3, 0.4) is 0 Å². The zero-order valence-corrected chi connectivity index (χ0v) is 18.5. The van der Waals surface area contributed by atoms with Crippen molar-refractivity contribution in [1.29, 1.82) is 0 Å². The Kier molecular flexibility index (Phi) is 5.01. The van der Waals surface area contributed by atoms with Gasteiger partial charge in [-0.2, -0.15) is 5.10 Å². The molecule has 4 heterocycles. The lowest BCUT2D eigenvalue weighted by molar-refractivity contribution is -0.125. The molecule has 0 radical (unpaired) electrons. The molecule has 2 N–H and O–H groups in total. The van der Waals surface area contributed by atoms with Gasteiger partial charge in [-0.15, -0.1) is 0 Å². The molecule has 1 fully saturated rings. The van der Waals surface area contributed by atoms with E-state index >= 15 is 0 Å². The first kappa shape index (κ1) is 21.5. The van der Waals surface area contributed by atoms with Gasteiger partial charge in [0, 0.05) is 20.1 Å². The molecule has 172 valence electrons. The molecule has 0 bridgehead atoms.